The van der Waals surface area contributed by atoms with Crippen molar-refractivity contribution in [3.8, 4) is 0 Å². The Bertz CT molecular complexity index is 588. The average molecular weight is 251 g/mol. The highest BCUT2D eigenvalue weighted by atomic mass is 35.7. The largest absolute Gasteiger partial charge is 0.262 e. The molecule has 0 saturated carbocycles. The van der Waals surface area contributed by atoms with Crippen molar-refractivity contribution >= 4 is 41.2 Å². The van der Waals surface area contributed by atoms with Gasteiger partial charge in [0.2, 0.25) is 0 Å². The fraction of sp³-hybridized carbons (Fsp3) is 0. The third-order valence-corrected chi connectivity index (χ3v) is 4.22. The molecule has 2 nitrogen and oxygen atoms in total. The van der Waals surface area contributed by atoms with E-state index < -0.39 is 14.9 Å². The molecule has 2 aromatic rings. The van der Waals surface area contributed by atoms with Crippen molar-refractivity contribution in [2.24, 2.45) is 0 Å². The van der Waals surface area contributed by atoms with E-state index in [9.17, 15) is 12.8 Å². The average Bonchev–Trinajstić information content (AvgIpc) is 2.45. The van der Waals surface area contributed by atoms with Gasteiger partial charge in [-0.05, 0) is 18.2 Å². The molecule has 0 saturated heterocycles. The van der Waals surface area contributed by atoms with E-state index in [0.29, 0.717) is 10.1 Å². The summed E-state index contributed by atoms with van der Waals surface area (Å²) in [6.07, 6.45) is 0. The van der Waals surface area contributed by atoms with Gasteiger partial charge in [0, 0.05) is 26.1 Å². The highest BCUT2D eigenvalue weighted by Gasteiger charge is 2.15. The summed E-state index contributed by atoms with van der Waals surface area (Å²) in [5.74, 6) is -0.391. The van der Waals surface area contributed by atoms with Gasteiger partial charge in [0.25, 0.3) is 9.05 Å². The standard InChI is InChI=1S/C8H4ClFO2S2/c9-14(11,12)8-4-13-7-3-5(10)1-2-6(7)8/h1-4H. The van der Waals surface area contributed by atoms with Crippen molar-refractivity contribution in [2.45, 2.75) is 4.90 Å². The maximum atomic E-state index is 12.8. The Labute approximate surface area is 88.4 Å². The molecule has 0 radical (unpaired) electrons. The number of hydrogen-bond donors (Lipinski definition) is 0. The van der Waals surface area contributed by atoms with E-state index >= 15 is 0 Å². The third kappa shape index (κ3) is 1.63. The summed E-state index contributed by atoms with van der Waals surface area (Å²) in [4.78, 5) is 0.0409. The fourth-order valence-corrected chi connectivity index (χ4v) is 3.70. The van der Waals surface area contributed by atoms with Gasteiger partial charge in [-0.15, -0.1) is 11.3 Å². The summed E-state index contributed by atoms with van der Waals surface area (Å²) in [6, 6.07) is 3.91. The predicted molar refractivity (Wildman–Crippen MR) is 54.8 cm³/mol. The van der Waals surface area contributed by atoms with Gasteiger partial charge in [0.15, 0.2) is 0 Å². The van der Waals surface area contributed by atoms with E-state index in [4.69, 9.17) is 10.7 Å². The van der Waals surface area contributed by atoms with Gasteiger partial charge in [0.1, 0.15) is 10.7 Å². The van der Waals surface area contributed by atoms with Gasteiger partial charge in [-0.2, -0.15) is 0 Å². The van der Waals surface area contributed by atoms with Gasteiger partial charge in [-0.1, -0.05) is 0 Å². The quantitative estimate of drug-likeness (QED) is 0.730. The molecule has 0 atom stereocenters. The number of thiophene rings is 1. The lowest BCUT2D eigenvalue weighted by molar-refractivity contribution is 0.610. The SMILES string of the molecule is O=S(=O)(Cl)c1csc2cc(F)ccc12. The van der Waals surface area contributed by atoms with E-state index in [1.54, 1.807) is 0 Å². The summed E-state index contributed by atoms with van der Waals surface area (Å²) in [5.41, 5.74) is 0. The van der Waals surface area contributed by atoms with Crippen LogP contribution in [0.1, 0.15) is 0 Å². The van der Waals surface area contributed by atoms with Crippen LogP contribution in [0.25, 0.3) is 10.1 Å². The molecule has 0 aliphatic rings. The first-order valence-corrected chi connectivity index (χ1v) is 6.79. The second-order valence-corrected chi connectivity index (χ2v) is 6.12. The van der Waals surface area contributed by atoms with Gasteiger partial charge in [0.05, 0.1) is 0 Å². The van der Waals surface area contributed by atoms with Gasteiger partial charge in [-0.3, -0.25) is 0 Å². The Morgan fingerprint density at radius 2 is 2.07 bits per heavy atom. The molecule has 14 heavy (non-hydrogen) atoms. The number of rotatable bonds is 1. The minimum absolute atomic E-state index is 0.0409. The Morgan fingerprint density at radius 1 is 1.36 bits per heavy atom. The second kappa shape index (κ2) is 3.18. The second-order valence-electron chi connectivity index (χ2n) is 2.68. The lowest BCUT2D eigenvalue weighted by atomic mass is 10.3. The maximum absolute atomic E-state index is 12.8. The minimum atomic E-state index is -3.74. The highest BCUT2D eigenvalue weighted by Crippen LogP contribution is 2.31. The third-order valence-electron chi connectivity index (χ3n) is 1.76. The molecule has 0 aliphatic carbocycles. The first-order valence-electron chi connectivity index (χ1n) is 3.60. The summed E-state index contributed by atoms with van der Waals surface area (Å²) in [5, 5.41) is 1.87. The Hall–Kier alpha value is -0.650. The molecule has 0 amide bonds. The molecule has 0 N–H and O–H groups in total. The summed E-state index contributed by atoms with van der Waals surface area (Å²) in [7, 11) is 1.47. The summed E-state index contributed by atoms with van der Waals surface area (Å²) in [6.45, 7) is 0. The van der Waals surface area contributed by atoms with Crippen LogP contribution < -0.4 is 0 Å². The molecule has 74 valence electrons. The van der Waals surface area contributed by atoms with Crippen LogP contribution in [-0.4, -0.2) is 8.42 Å². The molecule has 0 fully saturated rings. The molecule has 2 rings (SSSR count). The van der Waals surface area contributed by atoms with Crippen molar-refractivity contribution in [2.75, 3.05) is 0 Å². The Morgan fingerprint density at radius 3 is 2.71 bits per heavy atom. The Kier molecular flexibility index (Phi) is 2.25. The molecule has 1 heterocycles. The fourth-order valence-electron chi connectivity index (χ4n) is 1.17. The molecule has 1 aromatic carbocycles. The summed E-state index contributed by atoms with van der Waals surface area (Å²) < 4.78 is 35.5. The molecule has 0 bridgehead atoms. The van der Waals surface area contributed by atoms with Crippen LogP contribution in [-0.2, 0) is 9.05 Å². The van der Waals surface area contributed by atoms with Crippen LogP contribution in [0.3, 0.4) is 0 Å². The van der Waals surface area contributed by atoms with Crippen LogP contribution >= 0.6 is 22.0 Å². The monoisotopic (exact) mass is 250 g/mol. The van der Waals surface area contributed by atoms with Crippen LogP contribution in [0.5, 0.6) is 0 Å². The maximum Gasteiger partial charge on any atom is 0.262 e. The molecular formula is C8H4ClFO2S2. The van der Waals surface area contributed by atoms with Crippen LogP contribution in [0, 0.1) is 5.82 Å². The lowest BCUT2D eigenvalue weighted by Crippen LogP contribution is -1.87. The van der Waals surface area contributed by atoms with E-state index in [-0.39, 0.29) is 4.90 Å². The first kappa shape index (κ1) is 9.89. The molecule has 6 heteroatoms. The van der Waals surface area contributed by atoms with Gasteiger partial charge < -0.3 is 0 Å². The van der Waals surface area contributed by atoms with E-state index in [2.05, 4.69) is 0 Å². The van der Waals surface area contributed by atoms with E-state index in [1.807, 2.05) is 0 Å². The molecule has 0 spiro atoms. The number of benzene rings is 1. The topological polar surface area (TPSA) is 34.1 Å². The Balaban J connectivity index is 2.83. The van der Waals surface area contributed by atoms with Crippen LogP contribution in [0.4, 0.5) is 4.39 Å². The van der Waals surface area contributed by atoms with Crippen LogP contribution in [0.15, 0.2) is 28.5 Å². The van der Waals surface area contributed by atoms with Gasteiger partial charge >= 0.3 is 0 Å². The molecule has 1 aromatic heterocycles. The normalized spacial score (nSPS) is 12.1. The van der Waals surface area contributed by atoms with Crippen molar-refractivity contribution in [3.63, 3.8) is 0 Å². The molecule has 0 aliphatic heterocycles. The zero-order chi connectivity index (χ0) is 10.3. The van der Waals surface area contributed by atoms with Crippen molar-refractivity contribution in [1.82, 2.24) is 0 Å². The van der Waals surface area contributed by atoms with Gasteiger partial charge in [-0.25, -0.2) is 12.8 Å². The number of halogens is 2. The zero-order valence-electron chi connectivity index (χ0n) is 6.70. The summed E-state index contributed by atoms with van der Waals surface area (Å²) >= 11 is 1.15. The number of fused-ring (bicyclic) bond motifs is 1. The van der Waals surface area contributed by atoms with E-state index in [0.717, 1.165) is 11.3 Å². The number of hydrogen-bond acceptors (Lipinski definition) is 3. The minimum Gasteiger partial charge on any atom is -0.207 e. The molecule has 0 unspecified atom stereocenters. The van der Waals surface area contributed by atoms with E-state index in [1.165, 1.54) is 23.6 Å². The predicted octanol–water partition coefficient (Wildman–Crippen LogP) is 2.97. The smallest absolute Gasteiger partial charge is 0.207 e. The van der Waals surface area contributed by atoms with Crippen molar-refractivity contribution in [1.29, 1.82) is 0 Å². The lowest BCUT2D eigenvalue weighted by Gasteiger charge is -1.93. The molecular weight excluding hydrogens is 247 g/mol. The van der Waals surface area contributed by atoms with Crippen molar-refractivity contribution < 1.29 is 12.8 Å². The first-order chi connectivity index (χ1) is 6.48. The van der Waals surface area contributed by atoms with Crippen molar-refractivity contribution in [3.05, 3.63) is 29.4 Å². The highest BCUT2D eigenvalue weighted by molar-refractivity contribution is 8.14. The van der Waals surface area contributed by atoms with Crippen LogP contribution in [0.2, 0.25) is 0 Å². The zero-order valence-corrected chi connectivity index (χ0v) is 9.09.